The summed E-state index contributed by atoms with van der Waals surface area (Å²) in [7, 11) is 0. The summed E-state index contributed by atoms with van der Waals surface area (Å²) in [5, 5.41) is 18.4. The first kappa shape index (κ1) is 9.30. The zero-order chi connectivity index (χ0) is 10.7. The normalized spacial score (nSPS) is 9.73. The number of fused-ring (bicyclic) bond motifs is 1. The second kappa shape index (κ2) is 3.86. The fourth-order valence-electron chi connectivity index (χ4n) is 1.79. The molecule has 0 saturated carbocycles. The minimum absolute atomic E-state index is 0.377. The molecule has 0 bridgehead atoms. The van der Waals surface area contributed by atoms with Crippen molar-refractivity contribution in [2.45, 2.75) is 12.8 Å². The Labute approximate surface area is 87.6 Å². The lowest BCUT2D eigenvalue weighted by Gasteiger charge is -1.99. The van der Waals surface area contributed by atoms with Gasteiger partial charge in [0.2, 0.25) is 0 Å². The molecule has 72 valence electrons. The monoisotopic (exact) mass is 195 g/mol. The molecule has 0 aliphatic rings. The van der Waals surface area contributed by atoms with Gasteiger partial charge in [-0.25, -0.2) is 0 Å². The molecule has 0 saturated heterocycles. The van der Waals surface area contributed by atoms with Crippen molar-refractivity contribution in [2.24, 2.45) is 0 Å². The minimum atomic E-state index is 0.377. The van der Waals surface area contributed by atoms with Crippen LogP contribution in [0, 0.1) is 22.7 Å². The summed E-state index contributed by atoms with van der Waals surface area (Å²) < 4.78 is 0. The molecular formula is C12H9N3. The molecule has 0 atom stereocenters. The Morgan fingerprint density at radius 1 is 1.07 bits per heavy atom. The SMILES string of the molecule is N#CCc1cccc2[nH]cc(CC#N)c12. The highest BCUT2D eigenvalue weighted by molar-refractivity contribution is 5.87. The molecule has 1 aromatic heterocycles. The van der Waals surface area contributed by atoms with Gasteiger partial charge < -0.3 is 4.98 Å². The van der Waals surface area contributed by atoms with E-state index in [0.29, 0.717) is 12.8 Å². The third kappa shape index (κ3) is 1.56. The van der Waals surface area contributed by atoms with E-state index in [4.69, 9.17) is 10.5 Å². The van der Waals surface area contributed by atoms with Crippen molar-refractivity contribution in [3.63, 3.8) is 0 Å². The maximum atomic E-state index is 8.71. The van der Waals surface area contributed by atoms with Crippen LogP contribution in [-0.2, 0) is 12.8 Å². The summed E-state index contributed by atoms with van der Waals surface area (Å²) in [5.41, 5.74) is 2.95. The average Bonchev–Trinajstić information content (AvgIpc) is 2.64. The molecule has 0 radical (unpaired) electrons. The van der Waals surface area contributed by atoms with Crippen LogP contribution >= 0.6 is 0 Å². The van der Waals surface area contributed by atoms with Crippen molar-refractivity contribution >= 4 is 10.9 Å². The fraction of sp³-hybridized carbons (Fsp3) is 0.167. The third-order valence-electron chi connectivity index (χ3n) is 2.41. The Balaban J connectivity index is 2.65. The predicted octanol–water partition coefficient (Wildman–Crippen LogP) is 2.30. The molecule has 3 nitrogen and oxygen atoms in total. The number of aromatic nitrogens is 1. The summed E-state index contributed by atoms with van der Waals surface area (Å²) >= 11 is 0. The molecule has 1 N–H and O–H groups in total. The first-order valence-corrected chi connectivity index (χ1v) is 4.68. The van der Waals surface area contributed by atoms with Crippen LogP contribution in [0.25, 0.3) is 10.9 Å². The predicted molar refractivity (Wildman–Crippen MR) is 56.9 cm³/mol. The van der Waals surface area contributed by atoms with Crippen LogP contribution in [0.2, 0.25) is 0 Å². The minimum Gasteiger partial charge on any atom is -0.361 e. The van der Waals surface area contributed by atoms with Crippen molar-refractivity contribution < 1.29 is 0 Å². The standard InChI is InChI=1S/C12H9N3/c13-6-4-9-2-1-3-11-12(9)10(5-7-14)8-15-11/h1-3,8,15H,4-5H2. The third-order valence-corrected chi connectivity index (χ3v) is 2.41. The molecule has 0 aliphatic heterocycles. The summed E-state index contributed by atoms with van der Waals surface area (Å²) in [6, 6.07) is 10.1. The highest BCUT2D eigenvalue weighted by Gasteiger charge is 2.07. The van der Waals surface area contributed by atoms with Crippen LogP contribution in [0.5, 0.6) is 0 Å². The Bertz CT molecular complexity index is 567. The van der Waals surface area contributed by atoms with Crippen LogP contribution in [-0.4, -0.2) is 4.98 Å². The van der Waals surface area contributed by atoms with E-state index in [1.807, 2.05) is 24.4 Å². The second-order valence-electron chi connectivity index (χ2n) is 3.32. The molecule has 2 rings (SSSR count). The largest absolute Gasteiger partial charge is 0.361 e. The Hall–Kier alpha value is -2.26. The number of nitrogens with one attached hydrogen (secondary N) is 1. The van der Waals surface area contributed by atoms with Crippen molar-refractivity contribution in [3.8, 4) is 12.1 Å². The lowest BCUT2D eigenvalue weighted by atomic mass is 10.0. The van der Waals surface area contributed by atoms with E-state index in [9.17, 15) is 0 Å². The van der Waals surface area contributed by atoms with E-state index in [-0.39, 0.29) is 0 Å². The molecule has 0 aliphatic carbocycles. The van der Waals surface area contributed by atoms with Gasteiger partial charge in [0.05, 0.1) is 25.0 Å². The number of benzene rings is 1. The van der Waals surface area contributed by atoms with Crippen LogP contribution in [0.15, 0.2) is 24.4 Å². The maximum Gasteiger partial charge on any atom is 0.0670 e. The van der Waals surface area contributed by atoms with E-state index in [1.54, 1.807) is 0 Å². The molecule has 1 aromatic carbocycles. The summed E-state index contributed by atoms with van der Waals surface area (Å²) in [6.07, 6.45) is 2.60. The van der Waals surface area contributed by atoms with E-state index >= 15 is 0 Å². The molecule has 2 aromatic rings. The Morgan fingerprint density at radius 2 is 1.80 bits per heavy atom. The topological polar surface area (TPSA) is 63.4 Å². The fourth-order valence-corrected chi connectivity index (χ4v) is 1.79. The van der Waals surface area contributed by atoms with Gasteiger partial charge in [-0.3, -0.25) is 0 Å². The van der Waals surface area contributed by atoms with Gasteiger partial charge in [-0.15, -0.1) is 0 Å². The molecule has 3 heteroatoms. The second-order valence-corrected chi connectivity index (χ2v) is 3.32. The van der Waals surface area contributed by atoms with Gasteiger partial charge in [0.1, 0.15) is 0 Å². The van der Waals surface area contributed by atoms with Crippen molar-refractivity contribution in [1.29, 1.82) is 10.5 Å². The maximum absolute atomic E-state index is 8.71. The van der Waals surface area contributed by atoms with Gasteiger partial charge in [-0.2, -0.15) is 10.5 Å². The van der Waals surface area contributed by atoms with Crippen molar-refractivity contribution in [2.75, 3.05) is 0 Å². The highest BCUT2D eigenvalue weighted by atomic mass is 14.7. The van der Waals surface area contributed by atoms with Gasteiger partial charge in [0.25, 0.3) is 0 Å². The smallest absolute Gasteiger partial charge is 0.0670 e. The number of rotatable bonds is 2. The zero-order valence-electron chi connectivity index (χ0n) is 8.12. The summed E-state index contributed by atoms with van der Waals surface area (Å²) in [5.74, 6) is 0. The van der Waals surface area contributed by atoms with Crippen molar-refractivity contribution in [3.05, 3.63) is 35.5 Å². The van der Waals surface area contributed by atoms with Crippen LogP contribution in [0.1, 0.15) is 11.1 Å². The number of hydrogen-bond donors (Lipinski definition) is 1. The zero-order valence-corrected chi connectivity index (χ0v) is 8.12. The lowest BCUT2D eigenvalue weighted by molar-refractivity contribution is 1.25. The summed E-state index contributed by atoms with van der Waals surface area (Å²) in [6.45, 7) is 0. The van der Waals surface area contributed by atoms with Gasteiger partial charge in [-0.1, -0.05) is 12.1 Å². The Morgan fingerprint density at radius 3 is 2.53 bits per heavy atom. The number of hydrogen-bond acceptors (Lipinski definition) is 2. The van der Waals surface area contributed by atoms with E-state index in [2.05, 4.69) is 17.1 Å². The van der Waals surface area contributed by atoms with E-state index < -0.39 is 0 Å². The molecule has 0 spiro atoms. The molecule has 15 heavy (non-hydrogen) atoms. The Kier molecular flexibility index (Phi) is 2.39. The lowest BCUT2D eigenvalue weighted by Crippen LogP contribution is -1.86. The van der Waals surface area contributed by atoms with Crippen molar-refractivity contribution in [1.82, 2.24) is 4.98 Å². The van der Waals surface area contributed by atoms with Gasteiger partial charge in [0.15, 0.2) is 0 Å². The number of aromatic amines is 1. The van der Waals surface area contributed by atoms with Crippen LogP contribution < -0.4 is 0 Å². The summed E-state index contributed by atoms with van der Waals surface area (Å²) in [4.78, 5) is 3.11. The number of nitrogens with zero attached hydrogens (tertiary/aromatic N) is 2. The number of nitriles is 2. The van der Waals surface area contributed by atoms with Gasteiger partial charge >= 0.3 is 0 Å². The van der Waals surface area contributed by atoms with Crippen LogP contribution in [0.3, 0.4) is 0 Å². The molecule has 0 unspecified atom stereocenters. The number of H-pyrrole nitrogens is 1. The van der Waals surface area contributed by atoms with Gasteiger partial charge in [0, 0.05) is 17.1 Å². The van der Waals surface area contributed by atoms with Gasteiger partial charge in [-0.05, 0) is 17.2 Å². The molecule has 1 heterocycles. The molecular weight excluding hydrogens is 186 g/mol. The van der Waals surface area contributed by atoms with Crippen LogP contribution in [0.4, 0.5) is 0 Å². The van der Waals surface area contributed by atoms with E-state index in [0.717, 1.165) is 22.0 Å². The highest BCUT2D eigenvalue weighted by Crippen LogP contribution is 2.23. The molecule has 0 fully saturated rings. The first-order chi connectivity index (χ1) is 7.36. The first-order valence-electron chi connectivity index (χ1n) is 4.68. The average molecular weight is 195 g/mol. The quantitative estimate of drug-likeness (QED) is 0.799. The molecule has 0 amide bonds. The van der Waals surface area contributed by atoms with E-state index in [1.165, 1.54) is 0 Å².